The first-order valence-corrected chi connectivity index (χ1v) is 11.7. The summed E-state index contributed by atoms with van der Waals surface area (Å²) in [4.78, 5) is 12.2. The van der Waals surface area contributed by atoms with Gasteiger partial charge in [-0.3, -0.25) is 9.78 Å². The molecule has 0 bridgehead atoms. The highest BCUT2D eigenvalue weighted by Crippen LogP contribution is 2.46. The molecule has 0 saturated heterocycles. The molecule has 0 unspecified atom stereocenters. The Balaban J connectivity index is 1.43. The average molecular weight is 464 g/mol. The second kappa shape index (κ2) is 7.45. The number of H-pyrrole nitrogens is 1. The second-order valence-electron chi connectivity index (χ2n) is 9.06. The number of nitrogens with one attached hydrogen (secondary N) is 1. The van der Waals surface area contributed by atoms with Gasteiger partial charge in [0.1, 0.15) is 10.8 Å². The number of fused-ring (bicyclic) bond motifs is 2. The molecule has 170 valence electrons. The molecule has 4 aromatic rings. The van der Waals surface area contributed by atoms with Crippen molar-refractivity contribution >= 4 is 28.3 Å². The number of rotatable bonds is 4. The summed E-state index contributed by atoms with van der Waals surface area (Å²) >= 11 is 6.78. The Hall–Kier alpha value is -3.13. The van der Waals surface area contributed by atoms with Crippen LogP contribution in [-0.4, -0.2) is 43.6 Å². The van der Waals surface area contributed by atoms with Crippen molar-refractivity contribution in [3.63, 3.8) is 0 Å². The Kier molecular flexibility index (Phi) is 4.62. The van der Waals surface area contributed by atoms with E-state index in [1.807, 2.05) is 18.7 Å². The molecule has 6 rings (SSSR count). The lowest BCUT2D eigenvalue weighted by Gasteiger charge is -2.31. The van der Waals surface area contributed by atoms with Gasteiger partial charge in [-0.1, -0.05) is 17.7 Å². The topological polar surface area (TPSA) is 84.8 Å². The number of methoxy groups -OCH3 is 1. The summed E-state index contributed by atoms with van der Waals surface area (Å²) in [6, 6.07) is 4.13. The predicted molar refractivity (Wildman–Crippen MR) is 128 cm³/mol. The summed E-state index contributed by atoms with van der Waals surface area (Å²) in [5, 5.41) is 14.0. The van der Waals surface area contributed by atoms with Crippen LogP contribution in [0.25, 0.3) is 22.3 Å². The number of hydrogen-bond donors (Lipinski definition) is 1. The number of benzene rings is 1. The van der Waals surface area contributed by atoms with Crippen molar-refractivity contribution in [1.82, 2.24) is 29.9 Å². The van der Waals surface area contributed by atoms with Gasteiger partial charge in [0.25, 0.3) is 0 Å². The van der Waals surface area contributed by atoms with Crippen LogP contribution in [0.5, 0.6) is 5.88 Å². The quantitative estimate of drug-likeness (QED) is 0.480. The van der Waals surface area contributed by atoms with Gasteiger partial charge in [-0.15, -0.1) is 0 Å². The molecule has 0 spiro atoms. The number of aromatic nitrogens is 6. The van der Waals surface area contributed by atoms with E-state index in [1.54, 1.807) is 7.11 Å². The second-order valence-corrected chi connectivity index (χ2v) is 9.44. The van der Waals surface area contributed by atoms with Gasteiger partial charge in [0, 0.05) is 36.9 Å². The normalized spacial score (nSPS) is 15.8. The van der Waals surface area contributed by atoms with E-state index in [0.29, 0.717) is 24.2 Å². The van der Waals surface area contributed by atoms with E-state index < -0.39 is 0 Å². The average Bonchev–Trinajstić information content (AvgIpc) is 3.53. The molecule has 3 aromatic heterocycles. The van der Waals surface area contributed by atoms with Crippen LogP contribution in [0.3, 0.4) is 0 Å². The van der Waals surface area contributed by atoms with Crippen LogP contribution < -0.4 is 9.64 Å². The molecule has 1 aliphatic heterocycles. The molecule has 2 aliphatic rings. The lowest BCUT2D eigenvalue weighted by Crippen LogP contribution is -2.33. The van der Waals surface area contributed by atoms with Crippen LogP contribution in [0.2, 0.25) is 5.02 Å². The van der Waals surface area contributed by atoms with Gasteiger partial charge >= 0.3 is 0 Å². The minimum Gasteiger partial charge on any atom is -0.481 e. The zero-order valence-electron chi connectivity index (χ0n) is 19.2. The smallest absolute Gasteiger partial charge is 0.222 e. The Morgan fingerprint density at radius 3 is 2.76 bits per heavy atom. The molecule has 1 aromatic carbocycles. The standard InChI is InChI=1S/C24H26ClN7O/c1-12-5-8-17-19(13(2)28-29-17)18(12)22-26-16-9-10-32(11-15(16)23(27-22)33-4)24-20(25)21(14-6-7-14)30-31(24)3/h5,8,14H,6-7,9-11H2,1-4H3,(H,28,29). The number of ether oxygens (including phenoxy) is 1. The summed E-state index contributed by atoms with van der Waals surface area (Å²) in [7, 11) is 3.64. The minimum atomic E-state index is 0.507. The van der Waals surface area contributed by atoms with Gasteiger partial charge < -0.3 is 9.64 Å². The molecular weight excluding hydrogens is 438 g/mol. The fourth-order valence-corrected chi connectivity index (χ4v) is 5.41. The van der Waals surface area contributed by atoms with Crippen molar-refractivity contribution in [2.24, 2.45) is 7.05 Å². The first-order valence-electron chi connectivity index (χ1n) is 11.3. The molecule has 0 radical (unpaired) electrons. The highest BCUT2D eigenvalue weighted by molar-refractivity contribution is 6.33. The molecular formula is C24H26ClN7O. The van der Waals surface area contributed by atoms with Gasteiger partial charge in [0.2, 0.25) is 5.88 Å². The maximum atomic E-state index is 6.78. The summed E-state index contributed by atoms with van der Waals surface area (Å²) in [6.07, 6.45) is 3.12. The van der Waals surface area contributed by atoms with E-state index in [1.165, 1.54) is 12.8 Å². The molecule has 1 fully saturated rings. The first-order chi connectivity index (χ1) is 16.0. The lowest BCUT2D eigenvalue weighted by molar-refractivity contribution is 0.388. The third-order valence-electron chi connectivity index (χ3n) is 6.81. The summed E-state index contributed by atoms with van der Waals surface area (Å²) in [6.45, 7) is 5.53. The van der Waals surface area contributed by atoms with Crippen molar-refractivity contribution in [3.8, 4) is 17.3 Å². The molecule has 1 saturated carbocycles. The molecule has 33 heavy (non-hydrogen) atoms. The Bertz CT molecular complexity index is 1380. The van der Waals surface area contributed by atoms with Crippen molar-refractivity contribution < 1.29 is 4.74 Å². The summed E-state index contributed by atoms with van der Waals surface area (Å²) in [5.41, 5.74) is 7.09. The third kappa shape index (κ3) is 3.19. The Morgan fingerprint density at radius 2 is 2.00 bits per heavy atom. The maximum absolute atomic E-state index is 6.78. The molecule has 0 amide bonds. The zero-order valence-corrected chi connectivity index (χ0v) is 20.0. The van der Waals surface area contributed by atoms with Crippen LogP contribution >= 0.6 is 11.6 Å². The first kappa shape index (κ1) is 20.5. The van der Waals surface area contributed by atoms with Crippen LogP contribution in [0.4, 0.5) is 5.82 Å². The third-order valence-corrected chi connectivity index (χ3v) is 7.17. The monoisotopic (exact) mass is 463 g/mol. The maximum Gasteiger partial charge on any atom is 0.222 e. The highest BCUT2D eigenvalue weighted by atomic mass is 35.5. The van der Waals surface area contributed by atoms with E-state index >= 15 is 0 Å². The summed E-state index contributed by atoms with van der Waals surface area (Å²) < 4.78 is 7.69. The zero-order chi connectivity index (χ0) is 22.9. The fraction of sp³-hybridized carbons (Fsp3) is 0.417. The number of hydrogen-bond acceptors (Lipinski definition) is 6. The van der Waals surface area contributed by atoms with Crippen LogP contribution in [0, 0.1) is 13.8 Å². The van der Waals surface area contributed by atoms with E-state index in [2.05, 4.69) is 34.2 Å². The van der Waals surface area contributed by atoms with E-state index in [9.17, 15) is 0 Å². The number of aryl methyl sites for hydroxylation is 3. The molecule has 1 N–H and O–H groups in total. The largest absolute Gasteiger partial charge is 0.481 e. The van der Waals surface area contributed by atoms with Crippen molar-refractivity contribution in [2.45, 2.75) is 45.6 Å². The molecule has 1 aliphatic carbocycles. The number of anilines is 1. The highest BCUT2D eigenvalue weighted by Gasteiger charge is 2.34. The van der Waals surface area contributed by atoms with Gasteiger partial charge in [0.15, 0.2) is 5.82 Å². The predicted octanol–water partition coefficient (Wildman–Crippen LogP) is 4.47. The fourth-order valence-electron chi connectivity index (χ4n) is 4.98. The molecule has 4 heterocycles. The van der Waals surface area contributed by atoms with E-state index in [-0.39, 0.29) is 0 Å². The van der Waals surface area contributed by atoms with Gasteiger partial charge in [-0.25, -0.2) is 4.98 Å². The van der Waals surface area contributed by atoms with Gasteiger partial charge in [-0.2, -0.15) is 15.2 Å². The van der Waals surface area contributed by atoms with Gasteiger partial charge in [-0.05, 0) is 38.3 Å². The molecule has 8 nitrogen and oxygen atoms in total. The van der Waals surface area contributed by atoms with E-state index in [4.69, 9.17) is 31.4 Å². The molecule has 0 atom stereocenters. The lowest BCUT2D eigenvalue weighted by atomic mass is 10.0. The van der Waals surface area contributed by atoms with Crippen LogP contribution in [0.15, 0.2) is 12.1 Å². The Labute approximate surface area is 196 Å². The van der Waals surface area contributed by atoms with Crippen LogP contribution in [0.1, 0.15) is 47.0 Å². The minimum absolute atomic E-state index is 0.507. The summed E-state index contributed by atoms with van der Waals surface area (Å²) in [5.74, 6) is 2.76. The Morgan fingerprint density at radius 1 is 1.18 bits per heavy atom. The van der Waals surface area contributed by atoms with E-state index in [0.717, 1.165) is 68.5 Å². The van der Waals surface area contributed by atoms with Crippen LogP contribution in [-0.2, 0) is 20.0 Å². The van der Waals surface area contributed by atoms with Gasteiger partial charge in [0.05, 0.1) is 41.8 Å². The van der Waals surface area contributed by atoms with Crippen molar-refractivity contribution in [2.75, 3.05) is 18.6 Å². The number of nitrogens with zero attached hydrogens (tertiary/aromatic N) is 6. The SMILES string of the molecule is COc1nc(-c2c(C)ccc3[nH]nc(C)c23)nc2c1CN(c1c(Cl)c(C3CC3)nn1C)CC2. The van der Waals surface area contributed by atoms with Crippen molar-refractivity contribution in [3.05, 3.63) is 45.4 Å². The number of halogens is 1. The van der Waals surface area contributed by atoms with Crippen molar-refractivity contribution in [1.29, 1.82) is 0 Å². The molecule has 9 heteroatoms. The number of aromatic amines is 1.